The normalized spacial score (nSPS) is 11.1. The van der Waals surface area contributed by atoms with Crippen LogP contribution in [0.15, 0.2) is 53.4 Å². The van der Waals surface area contributed by atoms with Crippen molar-refractivity contribution < 1.29 is 17.0 Å². The first-order valence-electron chi connectivity index (χ1n) is 6.43. The van der Waals surface area contributed by atoms with Crippen molar-refractivity contribution in [2.24, 2.45) is 0 Å². The topological polar surface area (TPSA) is 55.4 Å². The Morgan fingerprint density at radius 1 is 1.14 bits per heavy atom. The van der Waals surface area contributed by atoms with Gasteiger partial charge in [0.15, 0.2) is 0 Å². The van der Waals surface area contributed by atoms with E-state index in [0.717, 1.165) is 5.69 Å². The van der Waals surface area contributed by atoms with Crippen molar-refractivity contribution in [1.82, 2.24) is 0 Å². The highest BCUT2D eigenvalue weighted by Gasteiger charge is 2.10. The first-order valence-corrected chi connectivity index (χ1v) is 7.81. The fourth-order valence-corrected chi connectivity index (χ4v) is 2.28. The molecule has 2 aromatic rings. The third-order valence-corrected chi connectivity index (χ3v) is 3.66. The van der Waals surface area contributed by atoms with E-state index in [1.807, 2.05) is 31.2 Å². The zero-order chi connectivity index (χ0) is 15.3. The van der Waals surface area contributed by atoms with Crippen molar-refractivity contribution in [3.63, 3.8) is 0 Å². The molecule has 0 bridgehead atoms. The van der Waals surface area contributed by atoms with Gasteiger partial charge in [-0.15, -0.1) is 3.89 Å². The number of rotatable bonds is 6. The standard InChI is InChI=1S/C15H16FNO3S/c1-12-3-2-4-13(11-12)17-9-10-20-14-5-7-15(8-6-14)21(16,18)19/h2-8,11,17H,9-10H2,1H3. The van der Waals surface area contributed by atoms with E-state index in [1.165, 1.54) is 29.8 Å². The smallest absolute Gasteiger partial charge is 0.332 e. The van der Waals surface area contributed by atoms with E-state index in [-0.39, 0.29) is 4.90 Å². The number of anilines is 1. The molecule has 1 N–H and O–H groups in total. The maximum absolute atomic E-state index is 12.7. The van der Waals surface area contributed by atoms with Gasteiger partial charge in [0, 0.05) is 12.2 Å². The lowest BCUT2D eigenvalue weighted by atomic mass is 10.2. The van der Waals surface area contributed by atoms with Gasteiger partial charge in [-0.2, -0.15) is 8.42 Å². The van der Waals surface area contributed by atoms with Crippen LogP contribution in [-0.4, -0.2) is 21.6 Å². The minimum atomic E-state index is -4.65. The molecule has 0 unspecified atom stereocenters. The molecule has 0 radical (unpaired) electrons. The molecule has 0 aliphatic heterocycles. The molecule has 0 aliphatic rings. The lowest BCUT2D eigenvalue weighted by Gasteiger charge is -2.09. The molecule has 112 valence electrons. The third kappa shape index (κ3) is 4.75. The van der Waals surface area contributed by atoms with Crippen LogP contribution >= 0.6 is 0 Å². The summed E-state index contributed by atoms with van der Waals surface area (Å²) in [5.74, 6) is 0.494. The van der Waals surface area contributed by atoms with Crippen molar-refractivity contribution in [2.45, 2.75) is 11.8 Å². The van der Waals surface area contributed by atoms with Crippen molar-refractivity contribution >= 4 is 15.9 Å². The molecule has 0 saturated carbocycles. The molecule has 21 heavy (non-hydrogen) atoms. The number of aryl methyl sites for hydroxylation is 1. The van der Waals surface area contributed by atoms with Crippen molar-refractivity contribution in [2.75, 3.05) is 18.5 Å². The van der Waals surface area contributed by atoms with Gasteiger partial charge in [-0.1, -0.05) is 12.1 Å². The molecule has 0 fully saturated rings. The number of ether oxygens (including phenoxy) is 1. The SMILES string of the molecule is Cc1cccc(NCCOc2ccc(S(=O)(=O)F)cc2)c1. The van der Waals surface area contributed by atoms with E-state index < -0.39 is 10.2 Å². The fourth-order valence-electron chi connectivity index (χ4n) is 1.82. The van der Waals surface area contributed by atoms with Crippen LogP contribution in [0.3, 0.4) is 0 Å². The summed E-state index contributed by atoms with van der Waals surface area (Å²) >= 11 is 0. The first-order chi connectivity index (χ1) is 9.95. The number of benzene rings is 2. The Morgan fingerprint density at radius 3 is 2.48 bits per heavy atom. The maximum Gasteiger partial charge on any atom is 0.332 e. The molecule has 0 aliphatic carbocycles. The molecule has 2 aromatic carbocycles. The van der Waals surface area contributed by atoms with Crippen molar-refractivity contribution in [3.05, 3.63) is 54.1 Å². The average Bonchev–Trinajstić information content (AvgIpc) is 2.43. The molecule has 0 heterocycles. The second-order valence-electron chi connectivity index (χ2n) is 4.55. The fraction of sp³-hybridized carbons (Fsp3) is 0.200. The Bertz CT molecular complexity index is 699. The van der Waals surface area contributed by atoms with Crippen molar-refractivity contribution in [1.29, 1.82) is 0 Å². The van der Waals surface area contributed by atoms with Gasteiger partial charge in [-0.3, -0.25) is 0 Å². The predicted octanol–water partition coefficient (Wildman–Crippen LogP) is 3.14. The van der Waals surface area contributed by atoms with Gasteiger partial charge in [0.1, 0.15) is 12.4 Å². The van der Waals surface area contributed by atoms with Crippen LogP contribution < -0.4 is 10.1 Å². The first kappa shape index (κ1) is 15.3. The Labute approximate surface area is 123 Å². The highest BCUT2D eigenvalue weighted by molar-refractivity contribution is 7.86. The summed E-state index contributed by atoms with van der Waals surface area (Å²) in [5, 5.41) is 3.21. The van der Waals surface area contributed by atoms with Gasteiger partial charge in [-0.25, -0.2) is 0 Å². The zero-order valence-electron chi connectivity index (χ0n) is 11.5. The monoisotopic (exact) mass is 309 g/mol. The lowest BCUT2D eigenvalue weighted by molar-refractivity contribution is 0.332. The quantitative estimate of drug-likeness (QED) is 0.658. The number of hydrogen-bond acceptors (Lipinski definition) is 4. The van der Waals surface area contributed by atoms with Gasteiger partial charge in [-0.05, 0) is 48.9 Å². The van der Waals surface area contributed by atoms with Crippen LogP contribution in [0.1, 0.15) is 5.56 Å². The summed E-state index contributed by atoms with van der Waals surface area (Å²) in [6.07, 6.45) is 0. The second kappa shape index (κ2) is 6.58. The minimum Gasteiger partial charge on any atom is -0.492 e. The minimum absolute atomic E-state index is 0.368. The molecule has 0 spiro atoms. The number of halogens is 1. The Hall–Kier alpha value is -2.08. The van der Waals surface area contributed by atoms with Gasteiger partial charge in [0.2, 0.25) is 0 Å². The van der Waals surface area contributed by atoms with Gasteiger partial charge in [0.05, 0.1) is 4.90 Å². The zero-order valence-corrected chi connectivity index (χ0v) is 12.4. The summed E-state index contributed by atoms with van der Waals surface area (Å²) in [4.78, 5) is -0.368. The molecule has 2 rings (SSSR count). The molecule has 0 atom stereocenters. The van der Waals surface area contributed by atoms with Crippen LogP contribution in [0.2, 0.25) is 0 Å². The Morgan fingerprint density at radius 2 is 1.86 bits per heavy atom. The van der Waals surface area contributed by atoms with Crippen LogP contribution in [0, 0.1) is 6.92 Å². The van der Waals surface area contributed by atoms with E-state index in [9.17, 15) is 12.3 Å². The van der Waals surface area contributed by atoms with Crippen molar-refractivity contribution in [3.8, 4) is 5.75 Å². The summed E-state index contributed by atoms with van der Waals surface area (Å²) < 4.78 is 39.5. The molecule has 0 saturated heterocycles. The van der Waals surface area contributed by atoms with Crippen LogP contribution in [-0.2, 0) is 10.2 Å². The van der Waals surface area contributed by atoms with Gasteiger partial charge < -0.3 is 10.1 Å². The molecular weight excluding hydrogens is 293 g/mol. The van der Waals surface area contributed by atoms with Crippen LogP contribution in [0.5, 0.6) is 5.75 Å². The maximum atomic E-state index is 12.7. The molecule has 0 aromatic heterocycles. The second-order valence-corrected chi connectivity index (χ2v) is 5.90. The summed E-state index contributed by atoms with van der Waals surface area (Å²) in [6, 6.07) is 13.2. The lowest BCUT2D eigenvalue weighted by Crippen LogP contribution is -2.11. The van der Waals surface area contributed by atoms with Gasteiger partial charge in [0.25, 0.3) is 0 Å². The summed E-state index contributed by atoms with van der Waals surface area (Å²) in [7, 11) is -4.65. The highest BCUT2D eigenvalue weighted by atomic mass is 32.3. The van der Waals surface area contributed by atoms with Crippen LogP contribution in [0.25, 0.3) is 0 Å². The molecule has 0 amide bonds. The number of nitrogens with one attached hydrogen (secondary N) is 1. The van der Waals surface area contributed by atoms with E-state index in [0.29, 0.717) is 18.9 Å². The molecular formula is C15H16FNO3S. The Balaban J connectivity index is 1.81. The highest BCUT2D eigenvalue weighted by Crippen LogP contribution is 2.17. The van der Waals surface area contributed by atoms with Crippen LogP contribution in [0.4, 0.5) is 9.57 Å². The van der Waals surface area contributed by atoms with Gasteiger partial charge >= 0.3 is 10.2 Å². The van der Waals surface area contributed by atoms with E-state index in [4.69, 9.17) is 4.74 Å². The summed E-state index contributed by atoms with van der Waals surface area (Å²) in [5.41, 5.74) is 2.18. The average molecular weight is 309 g/mol. The number of hydrogen-bond donors (Lipinski definition) is 1. The van der Waals surface area contributed by atoms with E-state index >= 15 is 0 Å². The molecule has 4 nitrogen and oxygen atoms in total. The third-order valence-electron chi connectivity index (χ3n) is 2.82. The van der Waals surface area contributed by atoms with E-state index in [2.05, 4.69) is 5.32 Å². The summed E-state index contributed by atoms with van der Waals surface area (Å²) in [6.45, 7) is 3.03. The molecule has 6 heteroatoms. The predicted molar refractivity (Wildman–Crippen MR) is 79.9 cm³/mol. The van der Waals surface area contributed by atoms with E-state index in [1.54, 1.807) is 0 Å². The largest absolute Gasteiger partial charge is 0.492 e. The Kier molecular flexibility index (Phi) is 4.80.